The van der Waals surface area contributed by atoms with Crippen LogP contribution in [0.25, 0.3) is 27.0 Å². The molecule has 5 aromatic rings. The summed E-state index contributed by atoms with van der Waals surface area (Å²) in [6.07, 6.45) is 0. The van der Waals surface area contributed by atoms with E-state index < -0.39 is 0 Å². The normalized spacial score (nSPS) is 11.1. The van der Waals surface area contributed by atoms with Gasteiger partial charge in [-0.1, -0.05) is 48.5 Å². The highest BCUT2D eigenvalue weighted by Gasteiger charge is 2.22. The van der Waals surface area contributed by atoms with Crippen molar-refractivity contribution in [3.8, 4) is 27.0 Å². The number of hydrogen-bond acceptors (Lipinski definition) is 7. The van der Waals surface area contributed by atoms with Gasteiger partial charge >= 0.3 is 0 Å². The van der Waals surface area contributed by atoms with Crippen molar-refractivity contribution in [1.82, 2.24) is 24.7 Å². The molecule has 30 heavy (non-hydrogen) atoms. The van der Waals surface area contributed by atoms with Gasteiger partial charge in [-0.3, -0.25) is 4.57 Å². The van der Waals surface area contributed by atoms with Gasteiger partial charge in [-0.15, -0.1) is 32.9 Å². The number of aromatic nitrogens is 5. The number of benzene rings is 2. The lowest BCUT2D eigenvalue weighted by Gasteiger charge is -2.08. The number of para-hydroxylation sites is 1. The third kappa shape index (κ3) is 3.69. The molecular formula is C22H17N5S3. The monoisotopic (exact) mass is 447 g/mol. The van der Waals surface area contributed by atoms with E-state index in [4.69, 9.17) is 4.98 Å². The van der Waals surface area contributed by atoms with Crippen LogP contribution >= 0.6 is 34.4 Å². The first-order valence-electron chi connectivity index (χ1n) is 9.33. The zero-order chi connectivity index (χ0) is 20.5. The molecule has 8 heteroatoms. The van der Waals surface area contributed by atoms with Crippen LogP contribution in [0, 0.1) is 13.8 Å². The van der Waals surface area contributed by atoms with Crippen LogP contribution in [0.5, 0.6) is 0 Å². The van der Waals surface area contributed by atoms with Crippen LogP contribution in [-0.4, -0.2) is 24.7 Å². The van der Waals surface area contributed by atoms with Gasteiger partial charge < -0.3 is 0 Å². The molecule has 0 aliphatic carbocycles. The molecule has 3 aromatic heterocycles. The average Bonchev–Trinajstić information content (AvgIpc) is 3.48. The zero-order valence-corrected chi connectivity index (χ0v) is 18.8. The van der Waals surface area contributed by atoms with Gasteiger partial charge in [0.1, 0.15) is 5.01 Å². The van der Waals surface area contributed by atoms with Gasteiger partial charge in [0, 0.05) is 22.3 Å². The minimum Gasteiger partial charge on any atom is -0.269 e. The summed E-state index contributed by atoms with van der Waals surface area (Å²) in [5, 5.41) is 12.9. The first-order chi connectivity index (χ1) is 14.7. The van der Waals surface area contributed by atoms with Crippen molar-refractivity contribution in [2.24, 2.45) is 0 Å². The predicted octanol–water partition coefficient (Wildman–Crippen LogP) is 6.28. The molecule has 0 saturated carbocycles. The molecule has 0 N–H and O–H groups in total. The van der Waals surface area contributed by atoms with Crippen LogP contribution in [0.2, 0.25) is 0 Å². The Hall–Kier alpha value is -2.81. The maximum atomic E-state index is 4.81. The summed E-state index contributed by atoms with van der Waals surface area (Å²) < 4.78 is 3.05. The van der Waals surface area contributed by atoms with Crippen LogP contribution in [0.4, 0.5) is 0 Å². The van der Waals surface area contributed by atoms with Gasteiger partial charge in [-0.05, 0) is 37.7 Å². The van der Waals surface area contributed by atoms with Gasteiger partial charge in [0.25, 0.3) is 0 Å². The molecular weight excluding hydrogens is 430 g/mol. The van der Waals surface area contributed by atoms with E-state index in [1.54, 1.807) is 22.7 Å². The Morgan fingerprint density at radius 2 is 1.60 bits per heavy atom. The molecule has 0 aliphatic rings. The van der Waals surface area contributed by atoms with Crippen LogP contribution in [0.15, 0.2) is 75.5 Å². The number of thiazole rings is 2. The largest absolute Gasteiger partial charge is 0.269 e. The molecule has 2 aromatic carbocycles. The van der Waals surface area contributed by atoms with Crippen molar-refractivity contribution >= 4 is 34.4 Å². The first kappa shape index (κ1) is 19.2. The Bertz CT molecular complexity index is 1290. The highest BCUT2D eigenvalue weighted by molar-refractivity contribution is 8.00. The summed E-state index contributed by atoms with van der Waals surface area (Å²) in [5.41, 5.74) is 4.09. The smallest absolute Gasteiger partial charge is 0.203 e. The quantitative estimate of drug-likeness (QED) is 0.317. The molecule has 0 atom stereocenters. The van der Waals surface area contributed by atoms with Gasteiger partial charge in [-0.2, -0.15) is 0 Å². The van der Waals surface area contributed by atoms with Gasteiger partial charge in [-0.25, -0.2) is 9.97 Å². The number of hydrogen-bond donors (Lipinski definition) is 0. The molecule has 5 nitrogen and oxygen atoms in total. The molecule has 0 fully saturated rings. The lowest BCUT2D eigenvalue weighted by molar-refractivity contribution is 0.885. The van der Waals surface area contributed by atoms with E-state index in [0.717, 1.165) is 47.8 Å². The summed E-state index contributed by atoms with van der Waals surface area (Å²) in [6, 6.07) is 20.4. The van der Waals surface area contributed by atoms with E-state index in [1.807, 2.05) is 55.6 Å². The molecule has 0 spiro atoms. The average molecular weight is 448 g/mol. The van der Waals surface area contributed by atoms with Gasteiger partial charge in [0.05, 0.1) is 10.6 Å². The summed E-state index contributed by atoms with van der Waals surface area (Å²) in [6.45, 7) is 4.03. The highest BCUT2D eigenvalue weighted by Crippen LogP contribution is 2.38. The molecule has 0 radical (unpaired) electrons. The lowest BCUT2D eigenvalue weighted by atomic mass is 10.2. The molecule has 3 heterocycles. The molecule has 5 rings (SSSR count). The minimum atomic E-state index is 0.791. The minimum absolute atomic E-state index is 0.791. The third-order valence-corrected chi connectivity index (χ3v) is 7.65. The second-order valence-electron chi connectivity index (χ2n) is 6.63. The molecule has 0 unspecified atom stereocenters. The van der Waals surface area contributed by atoms with Crippen LogP contribution in [-0.2, 0) is 0 Å². The highest BCUT2D eigenvalue weighted by atomic mass is 32.2. The van der Waals surface area contributed by atoms with Crippen molar-refractivity contribution in [1.29, 1.82) is 0 Å². The fourth-order valence-electron chi connectivity index (χ4n) is 3.06. The Morgan fingerprint density at radius 1 is 0.867 bits per heavy atom. The van der Waals surface area contributed by atoms with Gasteiger partial charge in [0.2, 0.25) is 5.16 Å². The van der Waals surface area contributed by atoms with Crippen molar-refractivity contribution in [2.75, 3.05) is 0 Å². The Labute approximate surface area is 186 Å². The van der Waals surface area contributed by atoms with Crippen molar-refractivity contribution in [3.05, 3.63) is 77.4 Å². The Kier molecular flexibility index (Phi) is 5.20. The standard InChI is InChI=1S/C22H17N5S3/c1-14-13-28-22(23-14)30-21-26-25-19(27(21)17-11-7-4-8-12-17)18-15(2)24-20(29-18)16-9-5-3-6-10-16/h3-13H,1-2H3. The molecule has 0 amide bonds. The lowest BCUT2D eigenvalue weighted by Crippen LogP contribution is -1.99. The SMILES string of the molecule is Cc1csc(Sc2nnc(-c3sc(-c4ccccc4)nc3C)n2-c2ccccc2)n1. The second kappa shape index (κ2) is 8.14. The summed E-state index contributed by atoms with van der Waals surface area (Å²) in [5.74, 6) is 0.800. The number of nitrogens with zero attached hydrogens (tertiary/aromatic N) is 5. The summed E-state index contributed by atoms with van der Waals surface area (Å²) in [7, 11) is 0. The maximum absolute atomic E-state index is 4.81. The topological polar surface area (TPSA) is 56.5 Å². The molecule has 0 bridgehead atoms. The first-order valence-corrected chi connectivity index (χ1v) is 11.8. The third-order valence-electron chi connectivity index (χ3n) is 4.44. The molecule has 0 aliphatic heterocycles. The van der Waals surface area contributed by atoms with E-state index in [9.17, 15) is 0 Å². The number of rotatable bonds is 5. The van der Waals surface area contributed by atoms with Crippen LogP contribution in [0.1, 0.15) is 11.4 Å². The van der Waals surface area contributed by atoms with Crippen LogP contribution < -0.4 is 0 Å². The fraction of sp³-hybridized carbons (Fsp3) is 0.0909. The zero-order valence-electron chi connectivity index (χ0n) is 16.3. The molecule has 148 valence electrons. The summed E-state index contributed by atoms with van der Waals surface area (Å²) >= 11 is 4.80. The fourth-order valence-corrected chi connectivity index (χ4v) is 5.90. The van der Waals surface area contributed by atoms with E-state index in [2.05, 4.69) is 44.0 Å². The van der Waals surface area contributed by atoms with Crippen molar-refractivity contribution in [2.45, 2.75) is 23.3 Å². The second-order valence-corrected chi connectivity index (χ2v) is 9.71. The summed E-state index contributed by atoms with van der Waals surface area (Å²) in [4.78, 5) is 10.4. The van der Waals surface area contributed by atoms with E-state index >= 15 is 0 Å². The van der Waals surface area contributed by atoms with Crippen LogP contribution in [0.3, 0.4) is 0 Å². The van der Waals surface area contributed by atoms with E-state index in [0.29, 0.717) is 0 Å². The Morgan fingerprint density at radius 3 is 2.30 bits per heavy atom. The predicted molar refractivity (Wildman–Crippen MR) is 124 cm³/mol. The van der Waals surface area contributed by atoms with E-state index in [-0.39, 0.29) is 0 Å². The van der Waals surface area contributed by atoms with Gasteiger partial charge in [0.15, 0.2) is 10.2 Å². The Balaban J connectivity index is 1.63. The molecule has 0 saturated heterocycles. The van der Waals surface area contributed by atoms with Crippen molar-refractivity contribution in [3.63, 3.8) is 0 Å². The van der Waals surface area contributed by atoms with E-state index in [1.165, 1.54) is 11.8 Å². The number of aryl methyl sites for hydroxylation is 2. The van der Waals surface area contributed by atoms with Crippen molar-refractivity contribution < 1.29 is 0 Å². The maximum Gasteiger partial charge on any atom is 0.203 e.